The van der Waals surface area contributed by atoms with E-state index in [1.54, 1.807) is 0 Å². The summed E-state index contributed by atoms with van der Waals surface area (Å²) >= 11 is 0. The van der Waals surface area contributed by atoms with E-state index in [-0.39, 0.29) is 18.1 Å². The van der Waals surface area contributed by atoms with E-state index in [0.29, 0.717) is 6.54 Å². The van der Waals surface area contributed by atoms with E-state index in [2.05, 4.69) is 5.32 Å². The lowest BCUT2D eigenvalue weighted by Crippen LogP contribution is -2.44. The van der Waals surface area contributed by atoms with Crippen LogP contribution in [0, 0.1) is 5.92 Å². The normalized spacial score (nSPS) is 30.4. The van der Waals surface area contributed by atoms with E-state index in [1.807, 2.05) is 4.90 Å². The standard InChI is InChI=1S/C12H22N2O2/c15-11-6-4-5-10(11)9-13-12(16)14-7-2-1-3-8-14/h10-11,15H,1-9H2,(H,13,16). The zero-order valence-corrected chi connectivity index (χ0v) is 9.82. The highest BCUT2D eigenvalue weighted by Crippen LogP contribution is 2.24. The van der Waals surface area contributed by atoms with Crippen molar-refractivity contribution in [2.45, 2.75) is 44.6 Å². The molecular weight excluding hydrogens is 204 g/mol. The minimum Gasteiger partial charge on any atom is -0.393 e. The molecule has 0 aromatic heterocycles. The summed E-state index contributed by atoms with van der Waals surface area (Å²) < 4.78 is 0. The topological polar surface area (TPSA) is 52.6 Å². The molecule has 0 bridgehead atoms. The summed E-state index contributed by atoms with van der Waals surface area (Å²) in [6, 6.07) is 0.0544. The molecule has 2 fully saturated rings. The summed E-state index contributed by atoms with van der Waals surface area (Å²) in [4.78, 5) is 13.7. The first kappa shape index (κ1) is 11.7. The van der Waals surface area contributed by atoms with Crippen molar-refractivity contribution in [1.82, 2.24) is 10.2 Å². The summed E-state index contributed by atoms with van der Waals surface area (Å²) in [5.74, 6) is 0.272. The van der Waals surface area contributed by atoms with Crippen LogP contribution in [0.25, 0.3) is 0 Å². The molecule has 0 radical (unpaired) electrons. The first-order valence-corrected chi connectivity index (χ1v) is 6.48. The number of rotatable bonds is 2. The van der Waals surface area contributed by atoms with Gasteiger partial charge in [-0.1, -0.05) is 6.42 Å². The molecule has 2 aliphatic rings. The third-order valence-electron chi connectivity index (χ3n) is 3.78. The lowest BCUT2D eigenvalue weighted by molar-refractivity contribution is 0.129. The lowest BCUT2D eigenvalue weighted by Gasteiger charge is -2.27. The number of piperidine rings is 1. The van der Waals surface area contributed by atoms with Crippen LogP contribution < -0.4 is 5.32 Å². The van der Waals surface area contributed by atoms with Gasteiger partial charge in [0, 0.05) is 25.6 Å². The van der Waals surface area contributed by atoms with Gasteiger partial charge in [0.2, 0.25) is 0 Å². The summed E-state index contributed by atoms with van der Waals surface area (Å²) in [6.45, 7) is 2.41. The van der Waals surface area contributed by atoms with Gasteiger partial charge < -0.3 is 15.3 Å². The molecule has 1 saturated heterocycles. The Morgan fingerprint density at radius 1 is 1.19 bits per heavy atom. The number of aliphatic hydroxyl groups is 1. The second-order valence-corrected chi connectivity index (χ2v) is 4.99. The molecule has 0 aromatic rings. The highest BCUT2D eigenvalue weighted by Gasteiger charge is 2.26. The fourth-order valence-electron chi connectivity index (χ4n) is 2.68. The molecule has 2 unspecified atom stereocenters. The molecular formula is C12H22N2O2. The van der Waals surface area contributed by atoms with Crippen LogP contribution in [0.5, 0.6) is 0 Å². The van der Waals surface area contributed by atoms with Crippen LogP contribution >= 0.6 is 0 Å². The lowest BCUT2D eigenvalue weighted by atomic mass is 10.1. The van der Waals surface area contributed by atoms with Crippen LogP contribution in [-0.2, 0) is 0 Å². The predicted molar refractivity (Wildman–Crippen MR) is 62.2 cm³/mol. The number of carbonyl (C=O) groups excluding carboxylic acids is 1. The van der Waals surface area contributed by atoms with Crippen molar-refractivity contribution in [3.63, 3.8) is 0 Å². The third-order valence-corrected chi connectivity index (χ3v) is 3.78. The predicted octanol–water partition coefficient (Wildman–Crippen LogP) is 1.34. The van der Waals surface area contributed by atoms with Crippen LogP contribution in [0.4, 0.5) is 4.79 Å². The van der Waals surface area contributed by atoms with Gasteiger partial charge in [0.1, 0.15) is 0 Å². The van der Waals surface area contributed by atoms with Crippen LogP contribution in [0.15, 0.2) is 0 Å². The molecule has 1 saturated carbocycles. The van der Waals surface area contributed by atoms with Gasteiger partial charge in [-0.05, 0) is 32.1 Å². The molecule has 0 spiro atoms. The van der Waals surface area contributed by atoms with E-state index in [1.165, 1.54) is 6.42 Å². The molecule has 4 nitrogen and oxygen atoms in total. The maximum Gasteiger partial charge on any atom is 0.317 e. The van der Waals surface area contributed by atoms with Crippen molar-refractivity contribution in [2.75, 3.05) is 19.6 Å². The summed E-state index contributed by atoms with van der Waals surface area (Å²) in [5.41, 5.74) is 0. The summed E-state index contributed by atoms with van der Waals surface area (Å²) in [7, 11) is 0. The molecule has 92 valence electrons. The van der Waals surface area contributed by atoms with Crippen molar-refractivity contribution < 1.29 is 9.90 Å². The summed E-state index contributed by atoms with van der Waals surface area (Å²) in [6.07, 6.45) is 6.31. The second-order valence-electron chi connectivity index (χ2n) is 4.99. The van der Waals surface area contributed by atoms with Gasteiger partial charge >= 0.3 is 6.03 Å². The average Bonchev–Trinajstić information content (AvgIpc) is 2.73. The number of aliphatic hydroxyl groups excluding tert-OH is 1. The van der Waals surface area contributed by atoms with Crippen molar-refractivity contribution >= 4 is 6.03 Å². The molecule has 1 aliphatic carbocycles. The van der Waals surface area contributed by atoms with Crippen LogP contribution in [-0.4, -0.2) is 41.8 Å². The first-order chi connectivity index (χ1) is 7.77. The fourth-order valence-corrected chi connectivity index (χ4v) is 2.68. The number of urea groups is 1. The average molecular weight is 226 g/mol. The minimum atomic E-state index is -0.207. The number of likely N-dealkylation sites (tertiary alicyclic amines) is 1. The van der Waals surface area contributed by atoms with Gasteiger partial charge in [0.05, 0.1) is 6.10 Å². The monoisotopic (exact) mass is 226 g/mol. The van der Waals surface area contributed by atoms with Gasteiger partial charge in [0.25, 0.3) is 0 Å². The number of hydrogen-bond acceptors (Lipinski definition) is 2. The molecule has 2 rings (SSSR count). The van der Waals surface area contributed by atoms with Crippen LogP contribution in [0.2, 0.25) is 0 Å². The van der Waals surface area contributed by atoms with Crippen molar-refractivity contribution in [2.24, 2.45) is 5.92 Å². The number of amides is 2. The van der Waals surface area contributed by atoms with Gasteiger partial charge in [-0.3, -0.25) is 0 Å². The quantitative estimate of drug-likeness (QED) is 0.746. The largest absolute Gasteiger partial charge is 0.393 e. The van der Waals surface area contributed by atoms with Crippen molar-refractivity contribution in [1.29, 1.82) is 0 Å². The Labute approximate surface area is 97.0 Å². The fraction of sp³-hybridized carbons (Fsp3) is 0.917. The van der Waals surface area contributed by atoms with Crippen LogP contribution in [0.3, 0.4) is 0 Å². The molecule has 1 heterocycles. The van der Waals surface area contributed by atoms with Crippen molar-refractivity contribution in [3.8, 4) is 0 Å². The maximum absolute atomic E-state index is 11.8. The second kappa shape index (κ2) is 5.53. The minimum absolute atomic E-state index is 0.0544. The molecule has 2 atom stereocenters. The van der Waals surface area contributed by atoms with Gasteiger partial charge in [0.15, 0.2) is 0 Å². The Hall–Kier alpha value is -0.770. The zero-order chi connectivity index (χ0) is 11.4. The van der Waals surface area contributed by atoms with E-state index in [0.717, 1.165) is 45.2 Å². The van der Waals surface area contributed by atoms with E-state index < -0.39 is 0 Å². The highest BCUT2D eigenvalue weighted by atomic mass is 16.3. The Kier molecular flexibility index (Phi) is 4.04. The first-order valence-electron chi connectivity index (χ1n) is 6.48. The Morgan fingerprint density at radius 2 is 1.94 bits per heavy atom. The molecule has 4 heteroatoms. The molecule has 2 N–H and O–H groups in total. The molecule has 0 aromatic carbocycles. The maximum atomic E-state index is 11.8. The Morgan fingerprint density at radius 3 is 2.56 bits per heavy atom. The van der Waals surface area contributed by atoms with E-state index >= 15 is 0 Å². The Bertz CT molecular complexity index is 239. The molecule has 1 aliphatic heterocycles. The van der Waals surface area contributed by atoms with Gasteiger partial charge in [-0.15, -0.1) is 0 Å². The summed E-state index contributed by atoms with van der Waals surface area (Å²) in [5, 5.41) is 12.6. The Balaban J connectivity index is 1.70. The van der Waals surface area contributed by atoms with Gasteiger partial charge in [-0.2, -0.15) is 0 Å². The number of hydrogen-bond donors (Lipinski definition) is 2. The smallest absolute Gasteiger partial charge is 0.317 e. The zero-order valence-electron chi connectivity index (χ0n) is 9.82. The van der Waals surface area contributed by atoms with Crippen LogP contribution in [0.1, 0.15) is 38.5 Å². The SMILES string of the molecule is O=C(NCC1CCCC1O)N1CCCCC1. The molecule has 16 heavy (non-hydrogen) atoms. The van der Waals surface area contributed by atoms with E-state index in [4.69, 9.17) is 0 Å². The number of nitrogens with one attached hydrogen (secondary N) is 1. The van der Waals surface area contributed by atoms with E-state index in [9.17, 15) is 9.90 Å². The van der Waals surface area contributed by atoms with Crippen molar-refractivity contribution in [3.05, 3.63) is 0 Å². The third kappa shape index (κ3) is 2.88. The molecule has 2 amide bonds. The highest BCUT2D eigenvalue weighted by molar-refractivity contribution is 5.74. The van der Waals surface area contributed by atoms with Gasteiger partial charge in [-0.25, -0.2) is 4.79 Å². The number of nitrogens with zero attached hydrogens (tertiary/aromatic N) is 1. The number of carbonyl (C=O) groups is 1.